The SMILES string of the molecule is CCCC/C(C)=C(/C(=O)N1CCOCC1)C(=Nc1nc(C)nc2[nH]c3cc(-c4c(C)noc4C)c(OC)cc3c12)C(C)c1ccccc1. The topological polar surface area (TPSA) is 119 Å². The fraction of sp³-hybridized carbons (Fsp3) is 0.395. The minimum atomic E-state index is -0.195. The zero-order valence-corrected chi connectivity index (χ0v) is 28.9. The zero-order chi connectivity index (χ0) is 33.9. The van der Waals surface area contributed by atoms with Crippen molar-refractivity contribution in [3.05, 3.63) is 76.5 Å². The van der Waals surface area contributed by atoms with Crippen molar-refractivity contribution in [2.75, 3.05) is 33.4 Å². The molecule has 0 bridgehead atoms. The van der Waals surface area contributed by atoms with Gasteiger partial charge in [0, 0.05) is 35.5 Å². The predicted molar refractivity (Wildman–Crippen MR) is 189 cm³/mol. The van der Waals surface area contributed by atoms with Gasteiger partial charge in [-0.15, -0.1) is 0 Å². The van der Waals surface area contributed by atoms with Gasteiger partial charge < -0.3 is 23.9 Å². The summed E-state index contributed by atoms with van der Waals surface area (Å²) >= 11 is 0. The molecule has 0 aliphatic carbocycles. The summed E-state index contributed by atoms with van der Waals surface area (Å²) in [6.45, 7) is 14.2. The molecule has 2 aromatic carbocycles. The molecule has 250 valence electrons. The van der Waals surface area contributed by atoms with Gasteiger partial charge in [-0.2, -0.15) is 0 Å². The zero-order valence-electron chi connectivity index (χ0n) is 28.9. The van der Waals surface area contributed by atoms with E-state index in [1.807, 2.05) is 56.0 Å². The molecule has 1 aliphatic heterocycles. The summed E-state index contributed by atoms with van der Waals surface area (Å²) < 4.78 is 17.0. The largest absolute Gasteiger partial charge is 0.496 e. The molecule has 5 aromatic rings. The minimum Gasteiger partial charge on any atom is -0.496 e. The first kappa shape index (κ1) is 33.1. The maximum Gasteiger partial charge on any atom is 0.255 e. The van der Waals surface area contributed by atoms with E-state index in [1.165, 1.54) is 0 Å². The number of rotatable bonds is 10. The maximum absolute atomic E-state index is 14.5. The molecule has 1 N–H and O–H groups in total. The number of aromatic nitrogens is 4. The average molecular weight is 649 g/mol. The summed E-state index contributed by atoms with van der Waals surface area (Å²) in [5.41, 5.74) is 7.51. The number of unbranched alkanes of at least 4 members (excludes halogenated alkanes) is 1. The Morgan fingerprint density at radius 1 is 1.10 bits per heavy atom. The summed E-state index contributed by atoms with van der Waals surface area (Å²) in [5.74, 6) is 2.25. The van der Waals surface area contributed by atoms with E-state index < -0.39 is 0 Å². The van der Waals surface area contributed by atoms with Crippen LogP contribution in [0.25, 0.3) is 33.1 Å². The third-order valence-electron chi connectivity index (χ3n) is 9.20. The molecule has 6 rings (SSSR count). The lowest BCUT2D eigenvalue weighted by atomic mass is 9.87. The lowest BCUT2D eigenvalue weighted by molar-refractivity contribution is -0.130. The fourth-order valence-electron chi connectivity index (χ4n) is 6.61. The number of hydrogen-bond donors (Lipinski definition) is 1. The van der Waals surface area contributed by atoms with Gasteiger partial charge in [-0.3, -0.25) is 4.79 Å². The Kier molecular flexibility index (Phi) is 9.73. The summed E-state index contributed by atoms with van der Waals surface area (Å²) in [7, 11) is 1.66. The van der Waals surface area contributed by atoms with Crippen LogP contribution in [-0.2, 0) is 9.53 Å². The number of carbonyl (C=O) groups is 1. The highest BCUT2D eigenvalue weighted by Gasteiger charge is 2.30. The van der Waals surface area contributed by atoms with Crippen molar-refractivity contribution in [2.24, 2.45) is 4.99 Å². The number of carbonyl (C=O) groups excluding carboxylic acids is 1. The molecule has 1 amide bonds. The second-order valence-electron chi connectivity index (χ2n) is 12.5. The first-order valence-electron chi connectivity index (χ1n) is 16.7. The molecule has 1 atom stereocenters. The number of methoxy groups -OCH3 is 1. The lowest BCUT2D eigenvalue weighted by Crippen LogP contribution is -2.43. The van der Waals surface area contributed by atoms with Crippen LogP contribution in [0, 0.1) is 20.8 Å². The Morgan fingerprint density at radius 3 is 2.52 bits per heavy atom. The van der Waals surface area contributed by atoms with E-state index in [2.05, 4.69) is 43.0 Å². The van der Waals surface area contributed by atoms with Crippen LogP contribution in [0.3, 0.4) is 0 Å². The second-order valence-corrected chi connectivity index (χ2v) is 12.5. The van der Waals surface area contributed by atoms with Crippen LogP contribution in [0.2, 0.25) is 0 Å². The molecule has 1 aliphatic rings. The molecule has 0 radical (unpaired) electrons. The van der Waals surface area contributed by atoms with Crippen LogP contribution < -0.4 is 4.74 Å². The Labute approximate surface area is 281 Å². The summed E-state index contributed by atoms with van der Waals surface area (Å²) in [6, 6.07) is 14.3. The molecule has 48 heavy (non-hydrogen) atoms. The van der Waals surface area contributed by atoms with Crippen LogP contribution in [0.5, 0.6) is 5.75 Å². The van der Waals surface area contributed by atoms with Crippen molar-refractivity contribution in [1.82, 2.24) is 25.0 Å². The molecule has 1 fully saturated rings. The molecule has 1 saturated heterocycles. The highest BCUT2D eigenvalue weighted by atomic mass is 16.5. The van der Waals surface area contributed by atoms with Gasteiger partial charge in [0.1, 0.15) is 23.0 Å². The predicted octanol–water partition coefficient (Wildman–Crippen LogP) is 7.94. The molecular weight excluding hydrogens is 604 g/mol. The van der Waals surface area contributed by atoms with E-state index in [9.17, 15) is 4.79 Å². The summed E-state index contributed by atoms with van der Waals surface area (Å²) in [6.07, 6.45) is 2.80. The van der Waals surface area contributed by atoms with Gasteiger partial charge >= 0.3 is 0 Å². The molecule has 0 saturated carbocycles. The Balaban J connectivity index is 1.62. The van der Waals surface area contributed by atoms with Crippen molar-refractivity contribution < 1.29 is 18.8 Å². The van der Waals surface area contributed by atoms with Crippen LogP contribution in [0.4, 0.5) is 5.82 Å². The van der Waals surface area contributed by atoms with Gasteiger partial charge in [0.2, 0.25) is 0 Å². The standard InChI is InChI=1S/C38H44N6O4/c1-8-9-13-22(2)32(38(45)44-16-18-47-19-17-44)35(23(3)27-14-11-10-12-15-27)42-37-34-28-21-31(46-7)29(33-24(4)43-48-25(33)5)20-30(28)41-36(34)39-26(6)40-37/h10-12,14-15,20-21,23H,8-9,13,16-19H2,1-7H3,(H,39,40,41)/b32-22+,42-35?. The maximum atomic E-state index is 14.5. The van der Waals surface area contributed by atoms with Crippen molar-refractivity contribution >= 4 is 39.4 Å². The highest BCUT2D eigenvalue weighted by Crippen LogP contribution is 2.41. The summed E-state index contributed by atoms with van der Waals surface area (Å²) in [4.78, 5) is 35.0. The molecule has 10 nitrogen and oxygen atoms in total. The molecule has 4 heterocycles. The number of allylic oxidation sites excluding steroid dienone is 1. The number of hydrogen-bond acceptors (Lipinski definition) is 8. The first-order valence-corrected chi connectivity index (χ1v) is 16.7. The quantitative estimate of drug-likeness (QED) is 0.121. The van der Waals surface area contributed by atoms with Crippen molar-refractivity contribution in [1.29, 1.82) is 0 Å². The number of amides is 1. The van der Waals surface area contributed by atoms with Crippen LogP contribution >= 0.6 is 0 Å². The molecule has 3 aromatic heterocycles. The van der Waals surface area contributed by atoms with E-state index >= 15 is 0 Å². The number of benzene rings is 2. The lowest BCUT2D eigenvalue weighted by Gasteiger charge is -2.30. The smallest absolute Gasteiger partial charge is 0.255 e. The van der Waals surface area contributed by atoms with E-state index in [1.54, 1.807) is 7.11 Å². The third kappa shape index (κ3) is 6.36. The van der Waals surface area contributed by atoms with Crippen LogP contribution in [0.1, 0.15) is 68.8 Å². The highest BCUT2D eigenvalue weighted by molar-refractivity contribution is 6.25. The van der Waals surface area contributed by atoms with Gasteiger partial charge in [0.15, 0.2) is 5.82 Å². The number of H-pyrrole nitrogens is 1. The van der Waals surface area contributed by atoms with Crippen LogP contribution in [0.15, 0.2) is 63.1 Å². The van der Waals surface area contributed by atoms with Crippen molar-refractivity contribution in [2.45, 2.75) is 66.7 Å². The number of aromatic amines is 1. The minimum absolute atomic E-state index is 0.0137. The van der Waals surface area contributed by atoms with Gasteiger partial charge in [0.05, 0.1) is 48.3 Å². The number of nitrogens with zero attached hydrogens (tertiary/aromatic N) is 5. The van der Waals surface area contributed by atoms with Crippen LogP contribution in [-0.4, -0.2) is 70.0 Å². The number of aryl methyl sites for hydroxylation is 3. The van der Waals surface area contributed by atoms with E-state index in [0.29, 0.717) is 66.4 Å². The van der Waals surface area contributed by atoms with Gasteiger partial charge in [-0.25, -0.2) is 15.0 Å². The number of aliphatic imine (C=N–C) groups is 1. The number of ether oxygens (including phenoxy) is 2. The number of morpholine rings is 1. The molecule has 0 spiro atoms. The molecule has 1 unspecified atom stereocenters. The van der Waals surface area contributed by atoms with E-state index in [4.69, 9.17) is 29.0 Å². The molecule has 10 heteroatoms. The monoisotopic (exact) mass is 648 g/mol. The first-order chi connectivity index (χ1) is 23.2. The van der Waals surface area contributed by atoms with Crippen molar-refractivity contribution in [3.8, 4) is 16.9 Å². The van der Waals surface area contributed by atoms with E-state index in [0.717, 1.165) is 63.5 Å². The van der Waals surface area contributed by atoms with Crippen molar-refractivity contribution in [3.63, 3.8) is 0 Å². The Bertz CT molecular complexity index is 2000. The summed E-state index contributed by atoms with van der Waals surface area (Å²) in [5, 5.41) is 5.80. The van der Waals surface area contributed by atoms with Gasteiger partial charge in [-0.1, -0.05) is 61.3 Å². The Morgan fingerprint density at radius 2 is 1.85 bits per heavy atom. The number of fused-ring (bicyclic) bond motifs is 3. The average Bonchev–Trinajstić information content (AvgIpc) is 3.63. The second kappa shape index (κ2) is 14.1. The fourth-order valence-corrected chi connectivity index (χ4v) is 6.61. The van der Waals surface area contributed by atoms with Gasteiger partial charge in [-0.05, 0) is 58.2 Å². The van der Waals surface area contributed by atoms with E-state index in [-0.39, 0.29) is 11.8 Å². The van der Waals surface area contributed by atoms with Gasteiger partial charge in [0.25, 0.3) is 5.91 Å². The number of nitrogens with one attached hydrogen (secondary N) is 1. The Hall–Kier alpha value is -4.83. The third-order valence-corrected chi connectivity index (χ3v) is 9.20. The molecular formula is C38H44N6O4. The normalized spacial score (nSPS) is 15.2.